The molecule has 2 aromatic rings. The van der Waals surface area contributed by atoms with Gasteiger partial charge in [-0.05, 0) is 17.7 Å². The Kier molecular flexibility index (Phi) is 5.29. The average molecular weight is 284 g/mol. The fourth-order valence-electron chi connectivity index (χ4n) is 1.97. The third-order valence-electron chi connectivity index (χ3n) is 3.09. The molecule has 0 aliphatic rings. The van der Waals surface area contributed by atoms with Crippen LogP contribution in [0.2, 0.25) is 0 Å². The molecule has 0 atom stereocenters. The number of amides is 1. The normalized spacial score (nSPS) is 10.2. The molecule has 1 aromatic carbocycles. The molecule has 0 spiro atoms. The molecule has 0 aliphatic heterocycles. The third kappa shape index (κ3) is 4.57. The maximum Gasteiger partial charge on any atom is 0.226 e. The largest absolute Gasteiger partial charge is 0.369 e. The topological polar surface area (TPSA) is 71.2 Å². The zero-order chi connectivity index (χ0) is 15.1. The highest BCUT2D eigenvalue weighted by Gasteiger charge is 2.05. The summed E-state index contributed by atoms with van der Waals surface area (Å²) >= 11 is 0. The molecule has 0 fully saturated rings. The van der Waals surface area contributed by atoms with E-state index in [1.165, 1.54) is 5.56 Å². The Labute approximate surface area is 124 Å². The van der Waals surface area contributed by atoms with E-state index in [9.17, 15) is 4.79 Å². The summed E-state index contributed by atoms with van der Waals surface area (Å²) < 4.78 is 0. The van der Waals surface area contributed by atoms with Gasteiger partial charge in [0.2, 0.25) is 5.91 Å². The van der Waals surface area contributed by atoms with E-state index in [0.29, 0.717) is 18.8 Å². The van der Waals surface area contributed by atoms with Crippen LogP contribution >= 0.6 is 0 Å². The monoisotopic (exact) mass is 284 g/mol. The van der Waals surface area contributed by atoms with Crippen molar-refractivity contribution >= 4 is 17.4 Å². The number of anilines is 2. The number of aromatic nitrogens is 1. The fourth-order valence-corrected chi connectivity index (χ4v) is 1.97. The van der Waals surface area contributed by atoms with E-state index in [2.05, 4.69) is 27.3 Å². The maximum absolute atomic E-state index is 11.4. The number of benzene rings is 1. The number of hydrogen-bond acceptors (Lipinski definition) is 4. The molecule has 0 aliphatic carbocycles. The number of nitrogens with one attached hydrogen (secondary N) is 1. The number of nitrogens with zero attached hydrogens (tertiary/aromatic N) is 2. The van der Waals surface area contributed by atoms with Gasteiger partial charge in [0.05, 0.1) is 11.9 Å². The highest BCUT2D eigenvalue weighted by Crippen LogP contribution is 2.16. The second-order valence-electron chi connectivity index (χ2n) is 4.83. The van der Waals surface area contributed by atoms with Crippen molar-refractivity contribution in [1.29, 1.82) is 0 Å². The molecule has 1 amide bonds. The van der Waals surface area contributed by atoms with Crippen LogP contribution in [0.3, 0.4) is 0 Å². The maximum atomic E-state index is 11.4. The summed E-state index contributed by atoms with van der Waals surface area (Å²) in [5.74, 6) is 0.431. The van der Waals surface area contributed by atoms with Gasteiger partial charge in [-0.2, -0.15) is 0 Å². The minimum Gasteiger partial charge on any atom is -0.369 e. The van der Waals surface area contributed by atoms with Gasteiger partial charge < -0.3 is 16.0 Å². The van der Waals surface area contributed by atoms with E-state index >= 15 is 0 Å². The highest BCUT2D eigenvalue weighted by molar-refractivity contribution is 5.89. The minimum atomic E-state index is -0.115. The Morgan fingerprint density at radius 1 is 1.24 bits per heavy atom. The first-order valence-corrected chi connectivity index (χ1v) is 6.90. The van der Waals surface area contributed by atoms with Crippen LogP contribution in [0.25, 0.3) is 0 Å². The number of hydrogen-bond donors (Lipinski definition) is 2. The number of rotatable bonds is 6. The van der Waals surface area contributed by atoms with Gasteiger partial charge >= 0.3 is 0 Å². The molecule has 110 valence electrons. The number of carbonyl (C=O) groups excluding carboxylic acids is 1. The van der Waals surface area contributed by atoms with E-state index in [1.54, 1.807) is 12.3 Å². The first kappa shape index (κ1) is 15.0. The van der Waals surface area contributed by atoms with Crippen LogP contribution in [0.5, 0.6) is 0 Å². The van der Waals surface area contributed by atoms with Crippen molar-refractivity contribution in [3.63, 3.8) is 0 Å². The van der Waals surface area contributed by atoms with E-state index in [0.717, 1.165) is 12.2 Å². The molecule has 0 saturated carbocycles. The van der Waals surface area contributed by atoms with Crippen molar-refractivity contribution < 1.29 is 4.79 Å². The molecule has 5 heteroatoms. The quantitative estimate of drug-likeness (QED) is 0.851. The van der Waals surface area contributed by atoms with Crippen LogP contribution in [-0.4, -0.2) is 24.5 Å². The summed E-state index contributed by atoms with van der Waals surface area (Å²) in [6, 6.07) is 14.0. The van der Waals surface area contributed by atoms with Crippen molar-refractivity contribution in [2.45, 2.75) is 13.0 Å². The van der Waals surface area contributed by atoms with Crippen molar-refractivity contribution in [3.05, 3.63) is 54.2 Å². The van der Waals surface area contributed by atoms with E-state index in [-0.39, 0.29) is 5.91 Å². The first-order valence-electron chi connectivity index (χ1n) is 6.90. The fraction of sp³-hybridized carbons (Fsp3) is 0.250. The molecule has 2 rings (SSSR count). The van der Waals surface area contributed by atoms with Gasteiger partial charge in [0.1, 0.15) is 5.82 Å². The summed E-state index contributed by atoms with van der Waals surface area (Å²) in [4.78, 5) is 17.8. The molecule has 21 heavy (non-hydrogen) atoms. The molecule has 3 N–H and O–H groups in total. The van der Waals surface area contributed by atoms with Gasteiger partial charge in [0, 0.05) is 26.6 Å². The Bertz CT molecular complexity index is 569. The van der Waals surface area contributed by atoms with Gasteiger partial charge in [-0.25, -0.2) is 4.98 Å². The molecule has 1 heterocycles. The van der Waals surface area contributed by atoms with Gasteiger partial charge in [0.25, 0.3) is 0 Å². The predicted octanol–water partition coefficient (Wildman–Crippen LogP) is 2.01. The van der Waals surface area contributed by atoms with Crippen LogP contribution in [0.1, 0.15) is 12.0 Å². The molecular weight excluding hydrogens is 264 g/mol. The Balaban J connectivity index is 1.96. The smallest absolute Gasteiger partial charge is 0.226 e. The van der Waals surface area contributed by atoms with Crippen LogP contribution in [-0.2, 0) is 11.3 Å². The van der Waals surface area contributed by atoms with Crippen LogP contribution < -0.4 is 16.0 Å². The van der Waals surface area contributed by atoms with Gasteiger partial charge in [0.15, 0.2) is 0 Å². The lowest BCUT2D eigenvalue weighted by atomic mass is 10.2. The minimum absolute atomic E-state index is 0.115. The molecule has 0 unspecified atom stereocenters. The number of nitrogens with two attached hydrogens (primary N) is 1. The first-order chi connectivity index (χ1) is 10.2. The predicted molar refractivity (Wildman–Crippen MR) is 85.1 cm³/mol. The summed E-state index contributed by atoms with van der Waals surface area (Å²) in [6.07, 6.45) is 2.05. The molecule has 5 nitrogen and oxygen atoms in total. The van der Waals surface area contributed by atoms with E-state index < -0.39 is 0 Å². The lowest BCUT2D eigenvalue weighted by Crippen LogP contribution is -2.18. The second kappa shape index (κ2) is 7.40. The van der Waals surface area contributed by atoms with Crippen LogP contribution in [0.4, 0.5) is 11.5 Å². The van der Waals surface area contributed by atoms with Gasteiger partial charge in [-0.3, -0.25) is 4.79 Å². The van der Waals surface area contributed by atoms with E-state index in [1.807, 2.05) is 31.3 Å². The molecule has 0 bridgehead atoms. The van der Waals surface area contributed by atoms with Gasteiger partial charge in [-0.1, -0.05) is 30.3 Å². The van der Waals surface area contributed by atoms with Crippen molar-refractivity contribution in [3.8, 4) is 0 Å². The summed E-state index contributed by atoms with van der Waals surface area (Å²) in [5, 5.41) is 2.71. The molecule has 1 aromatic heterocycles. The number of pyridine rings is 1. The zero-order valence-corrected chi connectivity index (χ0v) is 12.1. The Morgan fingerprint density at radius 2 is 2.00 bits per heavy atom. The highest BCUT2D eigenvalue weighted by atomic mass is 16.1. The lowest BCUT2D eigenvalue weighted by Gasteiger charge is -2.19. The van der Waals surface area contributed by atoms with E-state index in [4.69, 9.17) is 5.73 Å². The van der Waals surface area contributed by atoms with Crippen molar-refractivity contribution in [1.82, 2.24) is 4.98 Å². The Morgan fingerprint density at radius 3 is 2.62 bits per heavy atom. The average Bonchev–Trinajstić information content (AvgIpc) is 2.49. The Hall–Kier alpha value is -2.40. The van der Waals surface area contributed by atoms with Crippen LogP contribution in [0.15, 0.2) is 48.7 Å². The molecule has 0 radical (unpaired) electrons. The standard InChI is InChI=1S/C16H20N4O/c1-20(12-13-5-3-2-4-6-13)14-7-8-15(18-11-14)19-16(21)9-10-17/h2-8,11H,9-10,12,17H2,1H3,(H,18,19,21). The molecule has 0 saturated heterocycles. The molecular formula is C16H20N4O. The summed E-state index contributed by atoms with van der Waals surface area (Å²) in [7, 11) is 2.01. The zero-order valence-electron chi connectivity index (χ0n) is 12.1. The summed E-state index contributed by atoms with van der Waals surface area (Å²) in [5.41, 5.74) is 7.56. The van der Waals surface area contributed by atoms with Crippen LogP contribution in [0, 0.1) is 0 Å². The lowest BCUT2D eigenvalue weighted by molar-refractivity contribution is -0.116. The third-order valence-corrected chi connectivity index (χ3v) is 3.09. The van der Waals surface area contributed by atoms with Crippen molar-refractivity contribution in [2.75, 3.05) is 23.8 Å². The second-order valence-corrected chi connectivity index (χ2v) is 4.83. The van der Waals surface area contributed by atoms with Crippen molar-refractivity contribution in [2.24, 2.45) is 5.73 Å². The SMILES string of the molecule is CN(Cc1ccccc1)c1ccc(NC(=O)CCN)nc1. The van der Waals surface area contributed by atoms with Gasteiger partial charge in [-0.15, -0.1) is 0 Å². The number of carbonyl (C=O) groups is 1. The summed E-state index contributed by atoms with van der Waals surface area (Å²) in [6.45, 7) is 1.14.